The van der Waals surface area contributed by atoms with Crippen LogP contribution in [-0.2, 0) is 25.0 Å². The first-order valence-electron chi connectivity index (χ1n) is 10.5. The smallest absolute Gasteiger partial charge is 0.240 e. The van der Waals surface area contributed by atoms with Gasteiger partial charge in [0, 0.05) is 32.3 Å². The minimum atomic E-state index is -3.54. The summed E-state index contributed by atoms with van der Waals surface area (Å²) < 4.78 is 33.5. The molecule has 2 aliphatic rings. The molecule has 0 saturated carbocycles. The zero-order valence-corrected chi connectivity index (χ0v) is 17.8. The molecule has 160 valence electrons. The van der Waals surface area contributed by atoms with E-state index in [2.05, 4.69) is 4.72 Å². The monoisotopic (exact) mass is 428 g/mol. The van der Waals surface area contributed by atoms with Crippen molar-refractivity contribution in [2.45, 2.75) is 42.0 Å². The van der Waals surface area contributed by atoms with E-state index in [4.69, 9.17) is 4.74 Å². The third-order valence-electron chi connectivity index (χ3n) is 6.24. The van der Waals surface area contributed by atoms with Crippen molar-refractivity contribution in [3.63, 3.8) is 0 Å². The van der Waals surface area contributed by atoms with Crippen LogP contribution >= 0.6 is 0 Å². The van der Waals surface area contributed by atoms with Crippen molar-refractivity contribution in [2.75, 3.05) is 26.3 Å². The minimum Gasteiger partial charge on any atom is -0.381 e. The molecule has 6 nitrogen and oxygen atoms in total. The lowest BCUT2D eigenvalue weighted by Gasteiger charge is -2.42. The molecule has 2 aromatic carbocycles. The van der Waals surface area contributed by atoms with E-state index in [1.54, 1.807) is 30.3 Å². The summed E-state index contributed by atoms with van der Waals surface area (Å²) >= 11 is 0. The summed E-state index contributed by atoms with van der Waals surface area (Å²) in [7, 11) is -3.54. The molecular weight excluding hydrogens is 400 g/mol. The number of benzene rings is 2. The van der Waals surface area contributed by atoms with E-state index < -0.39 is 15.4 Å². The summed E-state index contributed by atoms with van der Waals surface area (Å²) in [6.45, 7) is 2.26. The van der Waals surface area contributed by atoms with Gasteiger partial charge in [-0.15, -0.1) is 0 Å². The summed E-state index contributed by atoms with van der Waals surface area (Å²) in [5.41, 5.74) is 0.501. The Morgan fingerprint density at radius 2 is 1.50 bits per heavy atom. The minimum absolute atomic E-state index is 0.140. The van der Waals surface area contributed by atoms with Crippen molar-refractivity contribution in [2.24, 2.45) is 0 Å². The number of hydrogen-bond donors (Lipinski definition) is 1. The van der Waals surface area contributed by atoms with Crippen LogP contribution in [0.25, 0.3) is 0 Å². The van der Waals surface area contributed by atoms with Crippen LogP contribution in [0.2, 0.25) is 0 Å². The number of hydrogen-bond acceptors (Lipinski definition) is 4. The predicted molar refractivity (Wildman–Crippen MR) is 115 cm³/mol. The molecule has 0 spiro atoms. The maximum Gasteiger partial charge on any atom is 0.240 e. The zero-order valence-electron chi connectivity index (χ0n) is 17.0. The number of carbonyl (C=O) groups is 1. The quantitative estimate of drug-likeness (QED) is 0.795. The average Bonchev–Trinajstić information content (AvgIpc) is 2.80. The molecular formula is C23H28N2O4S. The Kier molecular flexibility index (Phi) is 6.22. The maximum absolute atomic E-state index is 13.6. The summed E-state index contributed by atoms with van der Waals surface area (Å²) in [5, 5.41) is 0. The summed E-state index contributed by atoms with van der Waals surface area (Å²) in [6.07, 6.45) is 2.57. The Morgan fingerprint density at radius 3 is 2.10 bits per heavy atom. The largest absolute Gasteiger partial charge is 0.381 e. The number of amides is 1. The van der Waals surface area contributed by atoms with Gasteiger partial charge >= 0.3 is 0 Å². The third-order valence-corrected chi connectivity index (χ3v) is 7.78. The molecule has 2 saturated heterocycles. The highest BCUT2D eigenvalue weighted by molar-refractivity contribution is 7.89. The van der Waals surface area contributed by atoms with E-state index in [-0.39, 0.29) is 16.8 Å². The second-order valence-electron chi connectivity index (χ2n) is 8.06. The van der Waals surface area contributed by atoms with Gasteiger partial charge in [0.25, 0.3) is 0 Å². The lowest BCUT2D eigenvalue weighted by atomic mass is 9.72. The predicted octanol–water partition coefficient (Wildman–Crippen LogP) is 2.70. The van der Waals surface area contributed by atoms with Crippen LogP contribution < -0.4 is 4.72 Å². The highest BCUT2D eigenvalue weighted by atomic mass is 32.2. The topological polar surface area (TPSA) is 75.7 Å². The fourth-order valence-corrected chi connectivity index (χ4v) is 5.82. The van der Waals surface area contributed by atoms with Crippen molar-refractivity contribution >= 4 is 15.9 Å². The summed E-state index contributed by atoms with van der Waals surface area (Å²) in [5.74, 6) is 0.140. The van der Waals surface area contributed by atoms with Crippen molar-refractivity contribution in [1.29, 1.82) is 0 Å². The first kappa shape index (κ1) is 21.0. The Morgan fingerprint density at radius 1 is 0.933 bits per heavy atom. The molecule has 2 heterocycles. The number of sulfonamides is 1. The van der Waals surface area contributed by atoms with Gasteiger partial charge in [0.1, 0.15) is 0 Å². The lowest BCUT2D eigenvalue weighted by Crippen LogP contribution is -2.54. The molecule has 2 aliphatic heterocycles. The van der Waals surface area contributed by atoms with E-state index in [0.717, 1.165) is 5.56 Å². The van der Waals surface area contributed by atoms with Crippen molar-refractivity contribution in [1.82, 2.24) is 9.62 Å². The second kappa shape index (κ2) is 8.88. The third kappa shape index (κ3) is 4.29. The van der Waals surface area contributed by atoms with Gasteiger partial charge in [-0.3, -0.25) is 4.79 Å². The number of likely N-dealkylation sites (tertiary alicyclic amines) is 1. The molecule has 0 unspecified atom stereocenters. The van der Waals surface area contributed by atoms with Gasteiger partial charge in [-0.25, -0.2) is 13.1 Å². The Bertz CT molecular complexity index is 949. The fraction of sp³-hybridized carbons (Fsp3) is 0.435. The van der Waals surface area contributed by atoms with Crippen molar-refractivity contribution in [3.05, 3.63) is 66.2 Å². The zero-order chi connectivity index (χ0) is 21.0. The van der Waals surface area contributed by atoms with Crippen molar-refractivity contribution < 1.29 is 17.9 Å². The van der Waals surface area contributed by atoms with E-state index in [1.807, 2.05) is 35.2 Å². The van der Waals surface area contributed by atoms with E-state index in [0.29, 0.717) is 52.0 Å². The molecule has 0 aromatic heterocycles. The number of carbonyl (C=O) groups excluding carboxylic acids is 1. The molecule has 1 amide bonds. The van der Waals surface area contributed by atoms with Crippen LogP contribution in [0, 0.1) is 0 Å². The van der Waals surface area contributed by atoms with Gasteiger partial charge < -0.3 is 9.64 Å². The fourth-order valence-electron chi connectivity index (χ4n) is 4.49. The molecule has 4 rings (SSSR count). The molecule has 0 aliphatic carbocycles. The van der Waals surface area contributed by atoms with Crippen LogP contribution in [0.4, 0.5) is 0 Å². The van der Waals surface area contributed by atoms with Crippen LogP contribution in [0.5, 0.6) is 0 Å². The van der Waals surface area contributed by atoms with Crippen LogP contribution in [0.15, 0.2) is 65.6 Å². The molecule has 1 N–H and O–H groups in total. The number of nitrogens with one attached hydrogen (secondary N) is 1. The lowest BCUT2D eigenvalue weighted by molar-refractivity contribution is -0.142. The Hall–Kier alpha value is -2.22. The SMILES string of the molecule is O=C(N1CCC(NS(=O)(=O)c2ccccc2)CC1)C1(c2ccccc2)CCOCC1. The maximum atomic E-state index is 13.6. The van der Waals surface area contributed by atoms with Gasteiger partial charge in [0.05, 0.1) is 10.3 Å². The number of nitrogens with zero attached hydrogens (tertiary/aromatic N) is 1. The van der Waals surface area contributed by atoms with Crippen molar-refractivity contribution in [3.8, 4) is 0 Å². The first-order chi connectivity index (χ1) is 14.5. The Balaban J connectivity index is 1.43. The van der Waals surface area contributed by atoms with E-state index >= 15 is 0 Å². The normalized spacial score (nSPS) is 20.1. The van der Waals surface area contributed by atoms with Gasteiger partial charge in [-0.05, 0) is 43.4 Å². The molecule has 7 heteroatoms. The average molecular weight is 429 g/mol. The standard InChI is InChI=1S/C23H28N2O4S/c26-22(23(13-17-29-18-14-23)19-7-3-1-4-8-19)25-15-11-20(12-16-25)24-30(27,28)21-9-5-2-6-10-21/h1-10,20,24H,11-18H2. The van der Waals surface area contributed by atoms with E-state index in [1.165, 1.54) is 0 Å². The van der Waals surface area contributed by atoms with Crippen LogP contribution in [0.1, 0.15) is 31.2 Å². The Labute approximate surface area is 178 Å². The van der Waals surface area contributed by atoms with Gasteiger partial charge in [0.15, 0.2) is 0 Å². The molecule has 0 radical (unpaired) electrons. The number of piperidine rings is 1. The number of ether oxygens (including phenoxy) is 1. The first-order valence-corrected chi connectivity index (χ1v) is 12.0. The second-order valence-corrected chi connectivity index (χ2v) is 9.78. The highest BCUT2D eigenvalue weighted by Crippen LogP contribution is 2.37. The summed E-state index contributed by atoms with van der Waals surface area (Å²) in [6, 6.07) is 18.2. The van der Waals surface area contributed by atoms with Crippen LogP contribution in [0.3, 0.4) is 0 Å². The summed E-state index contributed by atoms with van der Waals surface area (Å²) in [4.78, 5) is 15.8. The van der Waals surface area contributed by atoms with E-state index in [9.17, 15) is 13.2 Å². The molecule has 0 bridgehead atoms. The van der Waals surface area contributed by atoms with Gasteiger partial charge in [-0.1, -0.05) is 48.5 Å². The molecule has 30 heavy (non-hydrogen) atoms. The highest BCUT2D eigenvalue weighted by Gasteiger charge is 2.44. The van der Waals surface area contributed by atoms with Gasteiger partial charge in [-0.2, -0.15) is 0 Å². The van der Waals surface area contributed by atoms with Crippen LogP contribution in [-0.4, -0.2) is 51.6 Å². The number of rotatable bonds is 5. The molecule has 2 fully saturated rings. The molecule has 2 aromatic rings. The van der Waals surface area contributed by atoms with Gasteiger partial charge in [0.2, 0.25) is 15.9 Å². The molecule has 0 atom stereocenters.